The van der Waals surface area contributed by atoms with Gasteiger partial charge in [0.2, 0.25) is 5.91 Å². The Morgan fingerprint density at radius 3 is 3.00 bits per heavy atom. The molecule has 126 valence electrons. The third kappa shape index (κ3) is 3.33. The van der Waals surface area contributed by atoms with Gasteiger partial charge < -0.3 is 9.88 Å². The van der Waals surface area contributed by atoms with Crippen LogP contribution in [0, 0.1) is 5.92 Å². The van der Waals surface area contributed by atoms with Gasteiger partial charge in [0, 0.05) is 32.0 Å². The number of hydrogen-bond acceptors (Lipinski definition) is 4. The molecule has 2 aromatic rings. The summed E-state index contributed by atoms with van der Waals surface area (Å²) in [7, 11) is 0. The highest BCUT2D eigenvalue weighted by Gasteiger charge is 2.31. The van der Waals surface area contributed by atoms with Gasteiger partial charge in [-0.2, -0.15) is 0 Å². The Labute approximate surface area is 141 Å². The predicted octanol–water partition coefficient (Wildman–Crippen LogP) is 2.25. The molecular formula is C18H23N5O. The van der Waals surface area contributed by atoms with E-state index in [1.807, 2.05) is 12.3 Å². The molecule has 6 heteroatoms. The van der Waals surface area contributed by atoms with Crippen LogP contribution in [0.4, 0.5) is 5.69 Å². The summed E-state index contributed by atoms with van der Waals surface area (Å²) in [4.78, 5) is 23.5. The molecule has 0 aromatic carbocycles. The van der Waals surface area contributed by atoms with E-state index in [-0.39, 0.29) is 5.91 Å². The quantitative estimate of drug-likeness (QED) is 0.916. The zero-order chi connectivity index (χ0) is 16.5. The van der Waals surface area contributed by atoms with Crippen molar-refractivity contribution in [2.24, 2.45) is 5.92 Å². The third-order valence-corrected chi connectivity index (χ3v) is 4.88. The lowest BCUT2D eigenvalue weighted by atomic mass is 10.2. The van der Waals surface area contributed by atoms with Crippen molar-refractivity contribution >= 4 is 11.6 Å². The molecule has 0 saturated heterocycles. The molecular weight excluding hydrogens is 302 g/mol. The molecule has 1 aliphatic carbocycles. The van der Waals surface area contributed by atoms with Crippen LogP contribution in [0.3, 0.4) is 0 Å². The Bertz CT molecular complexity index is 722. The number of amides is 1. The summed E-state index contributed by atoms with van der Waals surface area (Å²) in [5, 5.41) is 2.86. The normalized spacial score (nSPS) is 20.6. The fraction of sp³-hybridized carbons (Fsp3) is 0.500. The number of imidazole rings is 1. The fourth-order valence-corrected chi connectivity index (χ4v) is 3.36. The van der Waals surface area contributed by atoms with E-state index >= 15 is 0 Å². The zero-order valence-electron chi connectivity index (χ0n) is 14.0. The van der Waals surface area contributed by atoms with Gasteiger partial charge in [-0.25, -0.2) is 4.98 Å². The number of aromatic nitrogens is 3. The zero-order valence-corrected chi connectivity index (χ0v) is 14.0. The second kappa shape index (κ2) is 6.36. The third-order valence-electron chi connectivity index (χ3n) is 4.88. The van der Waals surface area contributed by atoms with E-state index in [1.54, 1.807) is 18.5 Å². The van der Waals surface area contributed by atoms with Gasteiger partial charge in [0.15, 0.2) is 0 Å². The van der Waals surface area contributed by atoms with Crippen LogP contribution in [0.25, 0.3) is 0 Å². The van der Waals surface area contributed by atoms with Gasteiger partial charge in [0.25, 0.3) is 0 Å². The highest BCUT2D eigenvalue weighted by molar-refractivity contribution is 5.91. The topological polar surface area (TPSA) is 63.1 Å². The first-order chi connectivity index (χ1) is 11.7. The average Bonchev–Trinajstić information content (AvgIpc) is 3.29. The number of pyridine rings is 1. The first-order valence-electron chi connectivity index (χ1n) is 8.69. The number of nitrogens with one attached hydrogen (secondary N) is 1. The van der Waals surface area contributed by atoms with Gasteiger partial charge in [0.05, 0.1) is 30.0 Å². The molecule has 1 atom stereocenters. The lowest BCUT2D eigenvalue weighted by Crippen LogP contribution is -2.38. The Balaban J connectivity index is 1.41. The van der Waals surface area contributed by atoms with Crippen molar-refractivity contribution in [3.05, 3.63) is 42.2 Å². The number of carbonyl (C=O) groups is 1. The SMILES string of the molecule is C[C@@H]1c2nc(CC(=O)Nc3cccnc3)cn2CCN1CC1CC1. The summed E-state index contributed by atoms with van der Waals surface area (Å²) >= 11 is 0. The van der Waals surface area contributed by atoms with Crippen LogP contribution in [-0.4, -0.2) is 38.4 Å². The van der Waals surface area contributed by atoms with Crippen LogP contribution in [0.1, 0.15) is 37.3 Å². The van der Waals surface area contributed by atoms with E-state index in [9.17, 15) is 4.79 Å². The lowest BCUT2D eigenvalue weighted by Gasteiger charge is -2.33. The smallest absolute Gasteiger partial charge is 0.230 e. The summed E-state index contributed by atoms with van der Waals surface area (Å²) in [5.41, 5.74) is 1.56. The molecule has 2 aromatic heterocycles. The van der Waals surface area contributed by atoms with E-state index < -0.39 is 0 Å². The number of rotatable bonds is 5. The maximum Gasteiger partial charge on any atom is 0.230 e. The van der Waals surface area contributed by atoms with E-state index in [0.29, 0.717) is 12.5 Å². The average molecular weight is 325 g/mol. The van der Waals surface area contributed by atoms with Crippen LogP contribution in [-0.2, 0) is 17.8 Å². The van der Waals surface area contributed by atoms with Crippen LogP contribution in [0.2, 0.25) is 0 Å². The molecule has 3 heterocycles. The fourth-order valence-electron chi connectivity index (χ4n) is 3.36. The number of nitrogens with zero attached hydrogens (tertiary/aromatic N) is 4. The van der Waals surface area contributed by atoms with Crippen molar-refractivity contribution in [3.63, 3.8) is 0 Å². The maximum absolute atomic E-state index is 12.2. The summed E-state index contributed by atoms with van der Waals surface area (Å²) in [6.45, 7) is 5.44. The number of hydrogen-bond donors (Lipinski definition) is 1. The minimum Gasteiger partial charge on any atom is -0.332 e. The molecule has 4 rings (SSSR count). The molecule has 2 aliphatic rings. The highest BCUT2D eigenvalue weighted by atomic mass is 16.1. The molecule has 1 amide bonds. The van der Waals surface area contributed by atoms with Gasteiger partial charge in [0.1, 0.15) is 5.82 Å². The second-order valence-corrected chi connectivity index (χ2v) is 6.86. The van der Waals surface area contributed by atoms with Crippen LogP contribution in [0.5, 0.6) is 0 Å². The number of carbonyl (C=O) groups excluding carboxylic acids is 1. The highest BCUT2D eigenvalue weighted by Crippen LogP contribution is 2.34. The van der Waals surface area contributed by atoms with Gasteiger partial charge >= 0.3 is 0 Å². The molecule has 24 heavy (non-hydrogen) atoms. The molecule has 1 aliphatic heterocycles. The number of anilines is 1. The van der Waals surface area contributed by atoms with E-state index in [2.05, 4.69) is 26.7 Å². The molecule has 1 fully saturated rings. The van der Waals surface area contributed by atoms with Gasteiger partial charge in [-0.1, -0.05) is 0 Å². The molecule has 1 N–H and O–H groups in total. The van der Waals surface area contributed by atoms with Crippen LogP contribution in [0.15, 0.2) is 30.7 Å². The molecule has 0 bridgehead atoms. The molecule has 0 spiro atoms. The standard InChI is InChI=1S/C18H23N5O/c1-13-18-21-16(9-17(24)20-15-3-2-6-19-10-15)12-23(18)8-7-22(13)11-14-4-5-14/h2-3,6,10,12-14H,4-5,7-9,11H2,1H3,(H,20,24)/t13-/m1/s1. The minimum atomic E-state index is -0.0547. The Hall–Kier alpha value is -2.21. The Kier molecular flexibility index (Phi) is 4.06. The van der Waals surface area contributed by atoms with Crippen molar-refractivity contribution in [1.82, 2.24) is 19.4 Å². The van der Waals surface area contributed by atoms with Gasteiger partial charge in [-0.15, -0.1) is 0 Å². The largest absolute Gasteiger partial charge is 0.332 e. The predicted molar refractivity (Wildman–Crippen MR) is 91.5 cm³/mol. The summed E-state index contributed by atoms with van der Waals surface area (Å²) in [6, 6.07) is 3.97. The Morgan fingerprint density at radius 1 is 1.38 bits per heavy atom. The first-order valence-corrected chi connectivity index (χ1v) is 8.69. The van der Waals surface area contributed by atoms with Crippen molar-refractivity contribution < 1.29 is 4.79 Å². The maximum atomic E-state index is 12.2. The first kappa shape index (κ1) is 15.3. The van der Waals surface area contributed by atoms with Crippen LogP contribution >= 0.6 is 0 Å². The van der Waals surface area contributed by atoms with Crippen molar-refractivity contribution in [1.29, 1.82) is 0 Å². The van der Waals surface area contributed by atoms with Crippen molar-refractivity contribution in [2.45, 2.75) is 38.8 Å². The monoisotopic (exact) mass is 325 g/mol. The molecule has 1 saturated carbocycles. The van der Waals surface area contributed by atoms with Crippen molar-refractivity contribution in [3.8, 4) is 0 Å². The van der Waals surface area contributed by atoms with E-state index in [4.69, 9.17) is 4.98 Å². The Morgan fingerprint density at radius 2 is 2.25 bits per heavy atom. The van der Waals surface area contributed by atoms with Gasteiger partial charge in [-0.3, -0.25) is 14.7 Å². The number of fused-ring (bicyclic) bond motifs is 1. The van der Waals surface area contributed by atoms with Crippen LogP contribution < -0.4 is 5.32 Å². The van der Waals surface area contributed by atoms with E-state index in [1.165, 1.54) is 19.4 Å². The molecule has 0 unspecified atom stereocenters. The summed E-state index contributed by atoms with van der Waals surface area (Å²) in [6.07, 6.45) is 8.41. The van der Waals surface area contributed by atoms with E-state index in [0.717, 1.165) is 36.2 Å². The second-order valence-electron chi connectivity index (χ2n) is 6.86. The lowest BCUT2D eigenvalue weighted by molar-refractivity contribution is -0.115. The van der Waals surface area contributed by atoms with Crippen molar-refractivity contribution in [2.75, 3.05) is 18.4 Å². The molecule has 6 nitrogen and oxygen atoms in total. The summed E-state index contributed by atoms with van der Waals surface area (Å²) in [5.74, 6) is 1.92. The van der Waals surface area contributed by atoms with Gasteiger partial charge in [-0.05, 0) is 37.8 Å². The minimum absolute atomic E-state index is 0.0547. The summed E-state index contributed by atoms with van der Waals surface area (Å²) < 4.78 is 2.21. The molecule has 0 radical (unpaired) electrons.